The highest BCUT2D eigenvalue weighted by Gasteiger charge is 2.13. The minimum absolute atomic E-state index is 0.243. The first-order valence-electron chi connectivity index (χ1n) is 4.59. The molecule has 0 radical (unpaired) electrons. The van der Waals surface area contributed by atoms with Crippen molar-refractivity contribution in [3.8, 4) is 0 Å². The van der Waals surface area contributed by atoms with Gasteiger partial charge in [-0.3, -0.25) is 4.79 Å². The number of carbonyl (C=O) groups is 2. The van der Waals surface area contributed by atoms with Crippen molar-refractivity contribution in [2.45, 2.75) is 0 Å². The molecule has 0 saturated carbocycles. The maximum Gasteiger partial charge on any atom is 0.323 e. The van der Waals surface area contributed by atoms with Crippen molar-refractivity contribution in [1.29, 1.82) is 0 Å². The van der Waals surface area contributed by atoms with Crippen LogP contribution in [0.3, 0.4) is 0 Å². The van der Waals surface area contributed by atoms with Crippen molar-refractivity contribution in [2.24, 2.45) is 0 Å². The van der Waals surface area contributed by atoms with Crippen LogP contribution in [0.25, 0.3) is 0 Å². The van der Waals surface area contributed by atoms with Crippen LogP contribution in [-0.2, 0) is 4.79 Å². The van der Waals surface area contributed by atoms with Gasteiger partial charge in [0.1, 0.15) is 12.4 Å². The second-order valence-electron chi connectivity index (χ2n) is 3.30. The van der Waals surface area contributed by atoms with E-state index in [-0.39, 0.29) is 5.69 Å². The highest BCUT2D eigenvalue weighted by molar-refractivity contribution is 9.10. The molecule has 0 bridgehead atoms. The monoisotopic (exact) mass is 304 g/mol. The van der Waals surface area contributed by atoms with E-state index in [4.69, 9.17) is 5.11 Å². The smallest absolute Gasteiger partial charge is 0.323 e. The quantitative estimate of drug-likeness (QED) is 0.899. The molecule has 0 aliphatic carbocycles. The second-order valence-corrected chi connectivity index (χ2v) is 4.16. The Morgan fingerprint density at radius 3 is 2.76 bits per heavy atom. The number of hydrogen-bond donors (Lipinski definition) is 2. The molecular weight excluding hydrogens is 295 g/mol. The third kappa shape index (κ3) is 4.03. The molecule has 17 heavy (non-hydrogen) atoms. The highest BCUT2D eigenvalue weighted by atomic mass is 79.9. The molecule has 0 atom stereocenters. The molecule has 0 fully saturated rings. The minimum atomic E-state index is -1.12. The van der Waals surface area contributed by atoms with Crippen LogP contribution in [-0.4, -0.2) is 35.6 Å². The molecule has 5 nitrogen and oxygen atoms in total. The third-order valence-corrected chi connectivity index (χ3v) is 2.58. The first kappa shape index (κ1) is 13.4. The Bertz CT molecular complexity index is 453. The number of hydrogen-bond acceptors (Lipinski definition) is 2. The van der Waals surface area contributed by atoms with Crippen LogP contribution in [0.2, 0.25) is 0 Å². The number of carboxylic acids is 1. The first-order chi connectivity index (χ1) is 7.90. The summed E-state index contributed by atoms with van der Waals surface area (Å²) in [6.45, 7) is -0.432. The number of amides is 2. The lowest BCUT2D eigenvalue weighted by atomic mass is 10.3. The normalized spacial score (nSPS) is 9.82. The summed E-state index contributed by atoms with van der Waals surface area (Å²) < 4.78 is 13.4. The van der Waals surface area contributed by atoms with Crippen LogP contribution in [0.4, 0.5) is 14.9 Å². The van der Waals surface area contributed by atoms with Crippen LogP contribution in [0.15, 0.2) is 22.7 Å². The summed E-state index contributed by atoms with van der Waals surface area (Å²) in [5.74, 6) is -1.62. The molecule has 1 aromatic rings. The molecule has 1 aromatic carbocycles. The SMILES string of the molecule is CN(CC(=O)O)C(=O)Nc1cc(F)ccc1Br. The van der Waals surface area contributed by atoms with Gasteiger partial charge in [-0.2, -0.15) is 0 Å². The maximum atomic E-state index is 12.9. The van der Waals surface area contributed by atoms with Crippen LogP contribution >= 0.6 is 15.9 Å². The maximum absolute atomic E-state index is 12.9. The second kappa shape index (κ2) is 5.62. The van der Waals surface area contributed by atoms with Crippen molar-refractivity contribution >= 4 is 33.6 Å². The van der Waals surface area contributed by atoms with E-state index in [2.05, 4.69) is 21.2 Å². The van der Waals surface area contributed by atoms with Gasteiger partial charge in [0.2, 0.25) is 0 Å². The highest BCUT2D eigenvalue weighted by Crippen LogP contribution is 2.23. The van der Waals surface area contributed by atoms with Gasteiger partial charge in [0.05, 0.1) is 5.69 Å². The number of urea groups is 1. The van der Waals surface area contributed by atoms with E-state index < -0.39 is 24.4 Å². The van der Waals surface area contributed by atoms with E-state index in [0.29, 0.717) is 4.47 Å². The summed E-state index contributed by atoms with van der Waals surface area (Å²) in [7, 11) is 1.33. The van der Waals surface area contributed by atoms with Gasteiger partial charge in [-0.05, 0) is 34.1 Å². The number of carboxylic acid groups (broad SMARTS) is 1. The molecule has 0 saturated heterocycles. The molecule has 0 aliphatic rings. The van der Waals surface area contributed by atoms with Gasteiger partial charge in [-0.25, -0.2) is 9.18 Å². The fourth-order valence-electron chi connectivity index (χ4n) is 1.08. The van der Waals surface area contributed by atoms with E-state index in [0.717, 1.165) is 11.0 Å². The van der Waals surface area contributed by atoms with E-state index >= 15 is 0 Å². The summed E-state index contributed by atoms with van der Waals surface area (Å²) in [6, 6.07) is 3.19. The average Bonchev–Trinajstić information content (AvgIpc) is 2.22. The lowest BCUT2D eigenvalue weighted by Gasteiger charge is -2.16. The third-order valence-electron chi connectivity index (χ3n) is 1.89. The summed E-state index contributed by atoms with van der Waals surface area (Å²) in [4.78, 5) is 22.9. The van der Waals surface area contributed by atoms with E-state index in [1.54, 1.807) is 0 Å². The number of anilines is 1. The van der Waals surface area contributed by atoms with Crippen LogP contribution in [0, 0.1) is 5.82 Å². The minimum Gasteiger partial charge on any atom is -0.480 e. The Morgan fingerprint density at radius 2 is 2.18 bits per heavy atom. The molecular formula is C10H10BrFN2O3. The molecule has 0 aromatic heterocycles. The van der Waals surface area contributed by atoms with Crippen molar-refractivity contribution < 1.29 is 19.1 Å². The number of rotatable bonds is 3. The summed E-state index contributed by atoms with van der Waals surface area (Å²) in [5.41, 5.74) is 0.243. The fraction of sp³-hybridized carbons (Fsp3) is 0.200. The Balaban J connectivity index is 2.73. The lowest BCUT2D eigenvalue weighted by Crippen LogP contribution is -2.35. The Kier molecular flexibility index (Phi) is 4.45. The molecule has 0 unspecified atom stereocenters. The Morgan fingerprint density at radius 1 is 1.53 bits per heavy atom. The Labute approximate surface area is 105 Å². The molecule has 1 rings (SSSR count). The number of likely N-dealkylation sites (N-methyl/N-ethyl adjacent to an activating group) is 1. The number of aliphatic carboxylic acids is 1. The number of nitrogens with zero attached hydrogens (tertiary/aromatic N) is 1. The van der Waals surface area contributed by atoms with Gasteiger partial charge < -0.3 is 15.3 Å². The van der Waals surface area contributed by atoms with Crippen LogP contribution in [0.5, 0.6) is 0 Å². The summed E-state index contributed by atoms with van der Waals surface area (Å²) in [6.07, 6.45) is 0. The fourth-order valence-corrected chi connectivity index (χ4v) is 1.42. The van der Waals surface area contributed by atoms with Gasteiger partial charge in [0.25, 0.3) is 0 Å². The van der Waals surface area contributed by atoms with Gasteiger partial charge in [0, 0.05) is 11.5 Å². The molecule has 0 spiro atoms. The van der Waals surface area contributed by atoms with Crippen molar-refractivity contribution in [2.75, 3.05) is 18.9 Å². The van der Waals surface area contributed by atoms with Crippen molar-refractivity contribution in [3.63, 3.8) is 0 Å². The number of benzene rings is 1. The number of nitrogens with one attached hydrogen (secondary N) is 1. The van der Waals surface area contributed by atoms with Crippen LogP contribution < -0.4 is 5.32 Å². The van der Waals surface area contributed by atoms with Gasteiger partial charge >= 0.3 is 12.0 Å². The largest absolute Gasteiger partial charge is 0.480 e. The molecule has 7 heteroatoms. The predicted octanol–water partition coefficient (Wildman–Crippen LogP) is 2.14. The lowest BCUT2D eigenvalue weighted by molar-refractivity contribution is -0.137. The zero-order valence-corrected chi connectivity index (χ0v) is 10.5. The predicted molar refractivity (Wildman–Crippen MR) is 63.4 cm³/mol. The first-order valence-corrected chi connectivity index (χ1v) is 5.38. The topological polar surface area (TPSA) is 69.6 Å². The average molecular weight is 305 g/mol. The zero-order chi connectivity index (χ0) is 13.0. The van der Waals surface area contributed by atoms with E-state index in [1.807, 2.05) is 0 Å². The summed E-state index contributed by atoms with van der Waals surface area (Å²) in [5, 5.41) is 10.9. The molecule has 2 N–H and O–H groups in total. The molecule has 2 amide bonds. The zero-order valence-electron chi connectivity index (χ0n) is 8.91. The number of halogens is 2. The van der Waals surface area contributed by atoms with Gasteiger partial charge in [-0.1, -0.05) is 0 Å². The molecule has 92 valence electrons. The van der Waals surface area contributed by atoms with Gasteiger partial charge in [0.15, 0.2) is 0 Å². The van der Waals surface area contributed by atoms with Gasteiger partial charge in [-0.15, -0.1) is 0 Å². The molecule has 0 heterocycles. The number of carbonyl (C=O) groups excluding carboxylic acids is 1. The van der Waals surface area contributed by atoms with Crippen molar-refractivity contribution in [3.05, 3.63) is 28.5 Å². The van der Waals surface area contributed by atoms with E-state index in [1.165, 1.54) is 19.2 Å². The summed E-state index contributed by atoms with van der Waals surface area (Å²) >= 11 is 3.14. The van der Waals surface area contributed by atoms with Crippen LogP contribution in [0.1, 0.15) is 0 Å². The van der Waals surface area contributed by atoms with Crippen molar-refractivity contribution in [1.82, 2.24) is 4.90 Å². The standard InChI is InChI=1S/C10H10BrFN2O3/c1-14(5-9(15)16)10(17)13-8-4-6(12)2-3-7(8)11/h2-4H,5H2,1H3,(H,13,17)(H,15,16). The Hall–Kier alpha value is -1.63. The molecule has 0 aliphatic heterocycles. The van der Waals surface area contributed by atoms with E-state index in [9.17, 15) is 14.0 Å².